The maximum absolute atomic E-state index is 11.9. The largest absolute Gasteiger partial charge is 0.389 e. The fourth-order valence-electron chi connectivity index (χ4n) is 1.97. The van der Waals surface area contributed by atoms with Gasteiger partial charge in [0.05, 0.1) is 11.8 Å². The smallest absolute Gasteiger partial charge is 0.319 e. The van der Waals surface area contributed by atoms with Crippen molar-refractivity contribution in [2.45, 2.75) is 33.4 Å². The summed E-state index contributed by atoms with van der Waals surface area (Å²) >= 11 is 0. The Balaban J connectivity index is 1.94. The topological polar surface area (TPSA) is 87.4 Å². The van der Waals surface area contributed by atoms with Gasteiger partial charge in [-0.05, 0) is 38.5 Å². The van der Waals surface area contributed by atoms with Crippen LogP contribution in [0.5, 0.6) is 0 Å². The van der Waals surface area contributed by atoms with Crippen LogP contribution in [0.4, 0.5) is 10.5 Å². The number of aliphatic hydroxyl groups excluding tert-OH is 1. The molecule has 1 unspecified atom stereocenters. The van der Waals surface area contributed by atoms with Gasteiger partial charge in [-0.2, -0.15) is 0 Å². The third-order valence-corrected chi connectivity index (χ3v) is 3.23. The Morgan fingerprint density at radius 1 is 1.43 bits per heavy atom. The van der Waals surface area contributed by atoms with E-state index in [1.54, 1.807) is 38.1 Å². The van der Waals surface area contributed by atoms with Crippen molar-refractivity contribution in [3.63, 3.8) is 0 Å². The fourth-order valence-corrected chi connectivity index (χ4v) is 1.97. The van der Waals surface area contributed by atoms with Crippen molar-refractivity contribution in [2.24, 2.45) is 0 Å². The molecular weight excluding hydrogens is 270 g/mol. The van der Waals surface area contributed by atoms with Crippen molar-refractivity contribution in [1.82, 2.24) is 10.5 Å². The zero-order valence-corrected chi connectivity index (χ0v) is 12.3. The van der Waals surface area contributed by atoms with Crippen molar-refractivity contribution in [1.29, 1.82) is 0 Å². The summed E-state index contributed by atoms with van der Waals surface area (Å²) < 4.78 is 5.04. The van der Waals surface area contributed by atoms with Gasteiger partial charge in [0, 0.05) is 17.8 Å². The molecule has 0 saturated carbocycles. The first kappa shape index (κ1) is 15.1. The van der Waals surface area contributed by atoms with Gasteiger partial charge >= 0.3 is 6.03 Å². The minimum absolute atomic E-state index is 0.322. The summed E-state index contributed by atoms with van der Waals surface area (Å²) in [6.45, 7) is 5.66. The van der Waals surface area contributed by atoms with E-state index in [1.165, 1.54) is 0 Å². The van der Waals surface area contributed by atoms with E-state index in [1.807, 2.05) is 6.92 Å². The van der Waals surface area contributed by atoms with Crippen LogP contribution in [-0.2, 0) is 6.54 Å². The monoisotopic (exact) mass is 289 g/mol. The van der Waals surface area contributed by atoms with Gasteiger partial charge in [-0.15, -0.1) is 0 Å². The van der Waals surface area contributed by atoms with E-state index in [0.717, 1.165) is 16.8 Å². The average Bonchev–Trinajstić information content (AvgIpc) is 2.76. The molecule has 112 valence electrons. The van der Waals surface area contributed by atoms with E-state index in [-0.39, 0.29) is 6.03 Å². The van der Waals surface area contributed by atoms with E-state index >= 15 is 0 Å². The molecular formula is C15H19N3O3. The molecule has 3 N–H and O–H groups in total. The molecule has 6 heteroatoms. The lowest BCUT2D eigenvalue weighted by molar-refractivity contribution is 0.199. The van der Waals surface area contributed by atoms with Gasteiger partial charge in [0.1, 0.15) is 5.76 Å². The number of benzene rings is 1. The molecule has 0 bridgehead atoms. The van der Waals surface area contributed by atoms with E-state index in [4.69, 9.17) is 4.52 Å². The summed E-state index contributed by atoms with van der Waals surface area (Å²) in [6.07, 6.45) is -0.572. The van der Waals surface area contributed by atoms with Crippen LogP contribution in [0.25, 0.3) is 0 Å². The Bertz CT molecular complexity index is 615. The molecule has 2 aromatic rings. The summed E-state index contributed by atoms with van der Waals surface area (Å²) in [5.74, 6) is 0.698. The third kappa shape index (κ3) is 3.82. The zero-order chi connectivity index (χ0) is 15.4. The van der Waals surface area contributed by atoms with Gasteiger partial charge in [-0.25, -0.2) is 4.79 Å². The molecule has 0 aliphatic heterocycles. The lowest BCUT2D eigenvalue weighted by Crippen LogP contribution is -2.28. The Hall–Kier alpha value is -2.34. The Morgan fingerprint density at radius 2 is 2.19 bits per heavy atom. The molecule has 21 heavy (non-hydrogen) atoms. The first-order chi connectivity index (χ1) is 9.97. The number of aromatic nitrogens is 1. The van der Waals surface area contributed by atoms with Crippen LogP contribution in [-0.4, -0.2) is 16.3 Å². The van der Waals surface area contributed by atoms with Crippen molar-refractivity contribution < 1.29 is 14.4 Å². The summed E-state index contributed by atoms with van der Waals surface area (Å²) in [7, 11) is 0. The molecule has 1 heterocycles. The summed E-state index contributed by atoms with van der Waals surface area (Å²) in [5.41, 5.74) is 3.02. The van der Waals surface area contributed by atoms with E-state index in [2.05, 4.69) is 15.8 Å². The van der Waals surface area contributed by atoms with Gasteiger partial charge in [0.25, 0.3) is 0 Å². The highest BCUT2D eigenvalue weighted by molar-refractivity contribution is 5.89. The van der Waals surface area contributed by atoms with Crippen molar-refractivity contribution in [2.75, 3.05) is 5.32 Å². The SMILES string of the molecule is Cc1noc(C)c1CNC(=O)Nc1cccc(C(C)O)c1. The van der Waals surface area contributed by atoms with Crippen LogP contribution in [0, 0.1) is 13.8 Å². The maximum atomic E-state index is 11.9. The molecule has 0 fully saturated rings. The number of nitrogens with one attached hydrogen (secondary N) is 2. The molecule has 1 aromatic heterocycles. The van der Waals surface area contributed by atoms with E-state index in [9.17, 15) is 9.90 Å². The molecule has 0 aliphatic carbocycles. The highest BCUT2D eigenvalue weighted by Gasteiger charge is 2.10. The summed E-state index contributed by atoms with van der Waals surface area (Å²) in [4.78, 5) is 11.9. The zero-order valence-electron chi connectivity index (χ0n) is 12.3. The van der Waals surface area contributed by atoms with Gasteiger partial charge < -0.3 is 20.3 Å². The third-order valence-electron chi connectivity index (χ3n) is 3.23. The number of amides is 2. The van der Waals surface area contributed by atoms with Crippen molar-refractivity contribution in [3.05, 3.63) is 46.8 Å². The minimum Gasteiger partial charge on any atom is -0.389 e. The lowest BCUT2D eigenvalue weighted by atomic mass is 10.1. The second-order valence-corrected chi connectivity index (χ2v) is 4.91. The maximum Gasteiger partial charge on any atom is 0.319 e. The molecule has 0 saturated heterocycles. The molecule has 0 spiro atoms. The first-order valence-electron chi connectivity index (χ1n) is 6.72. The van der Waals surface area contributed by atoms with Gasteiger partial charge in [0.2, 0.25) is 0 Å². The fraction of sp³-hybridized carbons (Fsp3) is 0.333. The number of aryl methyl sites for hydroxylation is 2. The van der Waals surface area contributed by atoms with Gasteiger partial charge in [-0.1, -0.05) is 17.3 Å². The number of rotatable bonds is 4. The van der Waals surface area contributed by atoms with Gasteiger partial charge in [0.15, 0.2) is 0 Å². The van der Waals surface area contributed by atoms with Crippen LogP contribution in [0.15, 0.2) is 28.8 Å². The molecule has 0 aliphatic rings. The van der Waals surface area contributed by atoms with Crippen LogP contribution in [0.2, 0.25) is 0 Å². The second kappa shape index (κ2) is 6.41. The number of urea groups is 1. The molecule has 1 atom stereocenters. The molecule has 0 radical (unpaired) electrons. The highest BCUT2D eigenvalue weighted by atomic mass is 16.5. The van der Waals surface area contributed by atoms with Crippen molar-refractivity contribution in [3.8, 4) is 0 Å². The molecule has 1 aromatic carbocycles. The number of hydrogen-bond acceptors (Lipinski definition) is 4. The first-order valence-corrected chi connectivity index (χ1v) is 6.72. The molecule has 6 nitrogen and oxygen atoms in total. The average molecular weight is 289 g/mol. The number of carbonyl (C=O) groups is 1. The number of aliphatic hydroxyl groups is 1. The van der Waals surface area contributed by atoms with Crippen LogP contribution in [0.1, 0.15) is 35.6 Å². The standard InChI is InChI=1S/C15H19N3O3/c1-9-14(11(3)21-18-9)8-16-15(20)17-13-6-4-5-12(7-13)10(2)19/h4-7,10,19H,8H2,1-3H3,(H2,16,17,20). The van der Waals surface area contributed by atoms with Crippen LogP contribution < -0.4 is 10.6 Å². The number of anilines is 1. The Labute approximate surface area is 123 Å². The van der Waals surface area contributed by atoms with E-state index < -0.39 is 6.10 Å². The lowest BCUT2D eigenvalue weighted by Gasteiger charge is -2.10. The molecule has 2 rings (SSSR count). The summed E-state index contributed by atoms with van der Waals surface area (Å²) in [5, 5.41) is 18.8. The van der Waals surface area contributed by atoms with Crippen LogP contribution >= 0.6 is 0 Å². The Morgan fingerprint density at radius 3 is 2.81 bits per heavy atom. The Kier molecular flexibility index (Phi) is 4.59. The predicted octanol–water partition coefficient (Wildman–Crippen LogP) is 2.67. The minimum atomic E-state index is -0.572. The number of nitrogens with zero attached hydrogens (tertiary/aromatic N) is 1. The molecule has 2 amide bonds. The quantitative estimate of drug-likeness (QED) is 0.807. The predicted molar refractivity (Wildman–Crippen MR) is 78.9 cm³/mol. The number of carbonyl (C=O) groups excluding carboxylic acids is 1. The van der Waals surface area contributed by atoms with Crippen LogP contribution in [0.3, 0.4) is 0 Å². The summed E-state index contributed by atoms with van der Waals surface area (Å²) in [6, 6.07) is 6.77. The highest BCUT2D eigenvalue weighted by Crippen LogP contribution is 2.17. The normalized spacial score (nSPS) is 12.0. The van der Waals surface area contributed by atoms with E-state index in [0.29, 0.717) is 18.0 Å². The van der Waals surface area contributed by atoms with Crippen molar-refractivity contribution >= 4 is 11.7 Å². The van der Waals surface area contributed by atoms with Gasteiger partial charge in [-0.3, -0.25) is 0 Å². The second-order valence-electron chi connectivity index (χ2n) is 4.91. The number of hydrogen-bond donors (Lipinski definition) is 3.